The van der Waals surface area contributed by atoms with Crippen molar-refractivity contribution >= 4 is 5.82 Å². The minimum absolute atomic E-state index is 0.0397. The van der Waals surface area contributed by atoms with Crippen molar-refractivity contribution in [3.63, 3.8) is 0 Å². The number of aromatic nitrogens is 2. The van der Waals surface area contributed by atoms with Gasteiger partial charge in [-0.05, 0) is 35.7 Å². The Hall–Kier alpha value is -2.63. The van der Waals surface area contributed by atoms with Crippen LogP contribution in [0.2, 0.25) is 0 Å². The topological polar surface area (TPSA) is 114 Å². The van der Waals surface area contributed by atoms with Crippen molar-refractivity contribution in [3.8, 4) is 5.75 Å². The van der Waals surface area contributed by atoms with Gasteiger partial charge in [0.25, 0.3) is 0 Å². The van der Waals surface area contributed by atoms with E-state index in [0.29, 0.717) is 23.1 Å². The number of aliphatic hydroxyl groups excluding tert-OH is 1. The Morgan fingerprint density at radius 3 is 2.83 bits per heavy atom. The number of anilines is 1. The van der Waals surface area contributed by atoms with Crippen LogP contribution < -0.4 is 11.4 Å². The average molecular weight is 412 g/mol. The highest BCUT2D eigenvalue weighted by Gasteiger charge is 2.59. The lowest BCUT2D eigenvalue weighted by Gasteiger charge is -2.31. The lowest BCUT2D eigenvalue weighted by molar-refractivity contribution is -0.140. The molecule has 8 nitrogen and oxygen atoms in total. The summed E-state index contributed by atoms with van der Waals surface area (Å²) in [5.74, 6) is -5.03. The van der Waals surface area contributed by atoms with Crippen molar-refractivity contribution in [1.82, 2.24) is 14.5 Å². The van der Waals surface area contributed by atoms with E-state index in [4.69, 9.17) is 10.5 Å². The van der Waals surface area contributed by atoms with Gasteiger partial charge in [-0.25, -0.2) is 9.18 Å². The van der Waals surface area contributed by atoms with Crippen LogP contribution in [0.4, 0.5) is 19.0 Å². The normalized spacial score (nSPS) is 26.4. The molecule has 2 aliphatic heterocycles. The number of alkyl halides is 2. The maximum atomic E-state index is 14.6. The third-order valence-electron chi connectivity index (χ3n) is 5.28. The molecule has 0 spiro atoms. The Labute approximate surface area is 163 Å². The lowest BCUT2D eigenvalue weighted by Crippen LogP contribution is -2.44. The molecular formula is C18H19F3N4O4. The third kappa shape index (κ3) is 3.45. The van der Waals surface area contributed by atoms with E-state index in [1.54, 1.807) is 4.90 Å². The first kappa shape index (κ1) is 19.7. The first-order valence-electron chi connectivity index (χ1n) is 8.95. The minimum Gasteiger partial charge on any atom is -0.505 e. The van der Waals surface area contributed by atoms with Gasteiger partial charge in [-0.15, -0.1) is 0 Å². The standard InChI is InChI=1S/C18H19F3N4O4/c19-11-5-9-1-3-24(7-10(9)6-12(11)26)8-13-15(27)18(20,21)16(29-13)25-4-2-14(22)23-17(25)28/h2,4-6,13,15-16,26-27H,1,3,7-8H2,(H2,22,23,28)/t13-,15-,16-/m1/s1. The number of aliphatic hydroxyl groups is 1. The zero-order valence-corrected chi connectivity index (χ0v) is 15.1. The zero-order valence-electron chi connectivity index (χ0n) is 15.1. The molecule has 1 fully saturated rings. The molecule has 0 saturated carbocycles. The van der Waals surface area contributed by atoms with Gasteiger partial charge in [0.2, 0.25) is 6.23 Å². The number of ether oxygens (including phenoxy) is 1. The average Bonchev–Trinajstić information content (AvgIpc) is 2.87. The van der Waals surface area contributed by atoms with Crippen molar-refractivity contribution < 1.29 is 28.1 Å². The fraction of sp³-hybridized carbons (Fsp3) is 0.444. The van der Waals surface area contributed by atoms with Crippen molar-refractivity contribution in [3.05, 3.63) is 51.8 Å². The number of benzene rings is 1. The van der Waals surface area contributed by atoms with Gasteiger partial charge in [0, 0.05) is 25.8 Å². The van der Waals surface area contributed by atoms with Crippen LogP contribution in [0, 0.1) is 5.82 Å². The van der Waals surface area contributed by atoms with Gasteiger partial charge in [0.05, 0.1) is 0 Å². The van der Waals surface area contributed by atoms with Gasteiger partial charge in [-0.3, -0.25) is 9.47 Å². The summed E-state index contributed by atoms with van der Waals surface area (Å²) in [7, 11) is 0. The van der Waals surface area contributed by atoms with Gasteiger partial charge in [0.15, 0.2) is 11.6 Å². The van der Waals surface area contributed by atoms with E-state index in [1.807, 2.05) is 0 Å². The number of nitrogen functional groups attached to an aromatic ring is 1. The van der Waals surface area contributed by atoms with Crippen molar-refractivity contribution in [2.45, 2.75) is 37.3 Å². The number of nitrogens with zero attached hydrogens (tertiary/aromatic N) is 3. The number of hydrogen-bond acceptors (Lipinski definition) is 7. The van der Waals surface area contributed by atoms with E-state index in [9.17, 15) is 28.2 Å². The number of nitrogens with two attached hydrogens (primary N) is 1. The Morgan fingerprint density at radius 2 is 2.10 bits per heavy atom. The molecule has 29 heavy (non-hydrogen) atoms. The highest BCUT2D eigenvalue weighted by Crippen LogP contribution is 2.42. The number of rotatable bonds is 3. The monoisotopic (exact) mass is 412 g/mol. The molecule has 156 valence electrons. The predicted octanol–water partition coefficient (Wildman–Crippen LogP) is 0.622. The molecule has 0 unspecified atom stereocenters. The van der Waals surface area contributed by atoms with Crippen molar-refractivity contribution in [1.29, 1.82) is 0 Å². The molecule has 2 aromatic rings. The van der Waals surface area contributed by atoms with E-state index < -0.39 is 41.6 Å². The first-order chi connectivity index (χ1) is 13.7. The fourth-order valence-electron chi connectivity index (χ4n) is 3.76. The van der Waals surface area contributed by atoms with Gasteiger partial charge in [0.1, 0.15) is 18.0 Å². The maximum Gasteiger partial charge on any atom is 0.351 e. The Bertz CT molecular complexity index is 1000. The Morgan fingerprint density at radius 1 is 1.34 bits per heavy atom. The van der Waals surface area contributed by atoms with E-state index in [-0.39, 0.29) is 18.9 Å². The summed E-state index contributed by atoms with van der Waals surface area (Å²) in [5.41, 5.74) is 5.77. The van der Waals surface area contributed by atoms with Gasteiger partial charge in [-0.2, -0.15) is 13.8 Å². The summed E-state index contributed by atoms with van der Waals surface area (Å²) in [4.78, 5) is 17.1. The summed E-state index contributed by atoms with van der Waals surface area (Å²) in [6.45, 7) is 0.667. The summed E-state index contributed by atoms with van der Waals surface area (Å²) in [6, 6.07) is 3.75. The lowest BCUT2D eigenvalue weighted by atomic mass is 9.98. The molecule has 0 radical (unpaired) electrons. The number of hydrogen-bond donors (Lipinski definition) is 3. The minimum atomic E-state index is -3.72. The van der Waals surface area contributed by atoms with Crippen LogP contribution in [0.5, 0.6) is 5.75 Å². The number of halogens is 3. The molecule has 2 aliphatic rings. The van der Waals surface area contributed by atoms with Crippen LogP contribution in [-0.4, -0.2) is 55.9 Å². The van der Waals surface area contributed by atoms with E-state index >= 15 is 0 Å². The van der Waals surface area contributed by atoms with Crippen LogP contribution in [-0.2, 0) is 17.7 Å². The Kier molecular flexibility index (Phi) is 4.75. The fourth-order valence-corrected chi connectivity index (χ4v) is 3.76. The summed E-state index contributed by atoms with van der Waals surface area (Å²) in [6.07, 6.45) is -3.92. The summed E-state index contributed by atoms with van der Waals surface area (Å²) >= 11 is 0. The highest BCUT2D eigenvalue weighted by molar-refractivity contribution is 5.37. The van der Waals surface area contributed by atoms with Gasteiger partial charge < -0.3 is 20.7 Å². The second kappa shape index (κ2) is 7.01. The Balaban J connectivity index is 1.52. The van der Waals surface area contributed by atoms with Crippen LogP contribution in [0.3, 0.4) is 0 Å². The van der Waals surface area contributed by atoms with Crippen LogP contribution in [0.1, 0.15) is 17.4 Å². The van der Waals surface area contributed by atoms with Gasteiger partial charge in [-0.1, -0.05) is 0 Å². The molecule has 1 aromatic carbocycles. The van der Waals surface area contributed by atoms with Crippen molar-refractivity contribution in [2.24, 2.45) is 0 Å². The molecule has 1 saturated heterocycles. The van der Waals surface area contributed by atoms with Gasteiger partial charge >= 0.3 is 11.6 Å². The molecule has 3 atom stereocenters. The molecule has 4 rings (SSSR count). The first-order valence-corrected chi connectivity index (χ1v) is 8.95. The largest absolute Gasteiger partial charge is 0.505 e. The molecule has 11 heteroatoms. The second-order valence-corrected chi connectivity index (χ2v) is 7.25. The SMILES string of the molecule is Nc1ccn([C@@H]2O[C@H](CN3CCc4cc(F)c(O)cc4C3)[C@@H](O)C2(F)F)c(=O)n1. The van der Waals surface area contributed by atoms with E-state index in [0.717, 1.165) is 11.8 Å². The molecule has 0 bridgehead atoms. The number of fused-ring (bicyclic) bond motifs is 1. The molecule has 0 amide bonds. The predicted molar refractivity (Wildman–Crippen MR) is 94.8 cm³/mol. The summed E-state index contributed by atoms with van der Waals surface area (Å²) in [5, 5.41) is 19.7. The second-order valence-electron chi connectivity index (χ2n) is 7.25. The van der Waals surface area contributed by atoms with E-state index in [2.05, 4.69) is 4.98 Å². The van der Waals surface area contributed by atoms with Crippen LogP contribution in [0.15, 0.2) is 29.2 Å². The zero-order chi connectivity index (χ0) is 20.9. The highest BCUT2D eigenvalue weighted by atomic mass is 19.3. The number of aromatic hydroxyl groups is 1. The quantitative estimate of drug-likeness (QED) is 0.677. The smallest absolute Gasteiger partial charge is 0.351 e. The number of phenols is 1. The summed E-state index contributed by atoms with van der Waals surface area (Å²) < 4.78 is 48.7. The molecule has 4 N–H and O–H groups in total. The molecule has 1 aromatic heterocycles. The third-order valence-corrected chi connectivity index (χ3v) is 5.28. The maximum absolute atomic E-state index is 14.6. The molecular weight excluding hydrogens is 393 g/mol. The number of phenolic OH excluding ortho intramolecular Hbond substituents is 1. The van der Waals surface area contributed by atoms with Crippen LogP contribution >= 0.6 is 0 Å². The van der Waals surface area contributed by atoms with Crippen LogP contribution in [0.25, 0.3) is 0 Å². The molecule has 0 aliphatic carbocycles. The molecule has 3 heterocycles. The van der Waals surface area contributed by atoms with Crippen molar-refractivity contribution in [2.75, 3.05) is 18.8 Å². The van der Waals surface area contributed by atoms with E-state index in [1.165, 1.54) is 18.2 Å².